The van der Waals surface area contributed by atoms with Gasteiger partial charge in [-0.3, -0.25) is 9.78 Å². The van der Waals surface area contributed by atoms with E-state index in [9.17, 15) is 9.18 Å². The Bertz CT molecular complexity index is 537. The first-order valence-corrected chi connectivity index (χ1v) is 4.88. The van der Waals surface area contributed by atoms with Gasteiger partial charge in [-0.15, -0.1) is 0 Å². The van der Waals surface area contributed by atoms with Crippen LogP contribution in [-0.2, 0) is 0 Å². The van der Waals surface area contributed by atoms with Crippen LogP contribution in [0.2, 0.25) is 0 Å². The number of aryl methyl sites for hydroxylation is 1. The van der Waals surface area contributed by atoms with E-state index < -0.39 is 0 Å². The average Bonchev–Trinajstić information content (AvgIpc) is 2.29. The van der Waals surface area contributed by atoms with Crippen molar-refractivity contribution in [3.8, 4) is 11.1 Å². The van der Waals surface area contributed by atoms with E-state index >= 15 is 0 Å². The molecule has 0 aliphatic carbocycles. The van der Waals surface area contributed by atoms with E-state index in [1.165, 1.54) is 6.20 Å². The molecule has 16 heavy (non-hydrogen) atoms. The minimum Gasteiger partial charge on any atom is -0.298 e. The lowest BCUT2D eigenvalue weighted by Crippen LogP contribution is -1.90. The zero-order valence-electron chi connectivity index (χ0n) is 8.77. The van der Waals surface area contributed by atoms with Gasteiger partial charge in [0.25, 0.3) is 0 Å². The molecule has 2 nitrogen and oxygen atoms in total. The number of aldehydes is 1. The number of benzene rings is 1. The van der Waals surface area contributed by atoms with Gasteiger partial charge in [-0.05, 0) is 24.1 Å². The molecule has 0 radical (unpaired) electrons. The Morgan fingerprint density at radius 3 is 2.75 bits per heavy atom. The normalized spacial score (nSPS) is 10.1. The largest absolute Gasteiger partial charge is 0.298 e. The quantitative estimate of drug-likeness (QED) is 0.721. The molecule has 2 rings (SSSR count). The topological polar surface area (TPSA) is 30.0 Å². The van der Waals surface area contributed by atoms with Gasteiger partial charge in [0.2, 0.25) is 0 Å². The second-order valence-corrected chi connectivity index (χ2v) is 3.54. The lowest BCUT2D eigenvalue weighted by Gasteiger charge is -2.05. The van der Waals surface area contributed by atoms with Gasteiger partial charge in [0.05, 0.1) is 6.20 Å². The molecule has 0 spiro atoms. The molecule has 0 atom stereocenters. The minimum atomic E-state index is -0.360. The van der Waals surface area contributed by atoms with Gasteiger partial charge in [0.1, 0.15) is 12.1 Å². The lowest BCUT2D eigenvalue weighted by molar-refractivity contribution is 0.112. The summed E-state index contributed by atoms with van der Waals surface area (Å²) in [4.78, 5) is 14.4. The molecule has 0 aliphatic heterocycles. The van der Waals surface area contributed by atoms with Crippen molar-refractivity contribution >= 4 is 6.29 Å². The standard InChI is InChI=1S/C13H10FNO/c1-9-6-10(2-3-11(9)8-16)12-4-5-15-7-13(12)14/h2-8H,1H3. The van der Waals surface area contributed by atoms with Crippen molar-refractivity contribution < 1.29 is 9.18 Å². The number of hydrogen-bond acceptors (Lipinski definition) is 2. The number of nitrogens with zero attached hydrogens (tertiary/aromatic N) is 1. The number of rotatable bonds is 2. The Balaban J connectivity index is 2.54. The highest BCUT2D eigenvalue weighted by atomic mass is 19.1. The predicted octanol–water partition coefficient (Wildman–Crippen LogP) is 3.01. The Morgan fingerprint density at radius 2 is 2.12 bits per heavy atom. The third-order valence-electron chi connectivity index (χ3n) is 2.48. The second-order valence-electron chi connectivity index (χ2n) is 3.54. The van der Waals surface area contributed by atoms with E-state index in [2.05, 4.69) is 4.98 Å². The van der Waals surface area contributed by atoms with Crippen molar-refractivity contribution in [1.29, 1.82) is 0 Å². The monoisotopic (exact) mass is 215 g/mol. The molecule has 0 saturated heterocycles. The van der Waals surface area contributed by atoms with Crippen molar-refractivity contribution in [2.45, 2.75) is 6.92 Å². The van der Waals surface area contributed by atoms with Crippen molar-refractivity contribution in [3.63, 3.8) is 0 Å². The smallest absolute Gasteiger partial charge is 0.150 e. The molecule has 1 aromatic carbocycles. The van der Waals surface area contributed by atoms with Crippen LogP contribution in [0.1, 0.15) is 15.9 Å². The molecule has 80 valence electrons. The molecular formula is C13H10FNO. The summed E-state index contributed by atoms with van der Waals surface area (Å²) >= 11 is 0. The Hall–Kier alpha value is -2.03. The van der Waals surface area contributed by atoms with E-state index in [-0.39, 0.29) is 5.82 Å². The zero-order chi connectivity index (χ0) is 11.5. The number of pyridine rings is 1. The van der Waals surface area contributed by atoms with Crippen LogP contribution >= 0.6 is 0 Å². The molecule has 2 aromatic rings. The fourth-order valence-corrected chi connectivity index (χ4v) is 1.58. The van der Waals surface area contributed by atoms with Crippen LogP contribution in [0.5, 0.6) is 0 Å². The molecule has 0 aliphatic rings. The highest BCUT2D eigenvalue weighted by molar-refractivity contribution is 5.79. The van der Waals surface area contributed by atoms with Crippen LogP contribution in [0.4, 0.5) is 4.39 Å². The second kappa shape index (κ2) is 4.23. The molecule has 3 heteroatoms. The summed E-state index contributed by atoms with van der Waals surface area (Å²) in [6.45, 7) is 1.83. The van der Waals surface area contributed by atoms with Crippen molar-refractivity contribution in [1.82, 2.24) is 4.98 Å². The van der Waals surface area contributed by atoms with Gasteiger partial charge in [-0.2, -0.15) is 0 Å². The van der Waals surface area contributed by atoms with Crippen molar-refractivity contribution in [2.24, 2.45) is 0 Å². The third-order valence-corrected chi connectivity index (χ3v) is 2.48. The average molecular weight is 215 g/mol. The molecule has 0 N–H and O–H groups in total. The maximum Gasteiger partial charge on any atom is 0.150 e. The molecule has 0 saturated carbocycles. The Kier molecular flexibility index (Phi) is 2.77. The van der Waals surface area contributed by atoms with Crippen molar-refractivity contribution in [2.75, 3.05) is 0 Å². The number of hydrogen-bond donors (Lipinski definition) is 0. The van der Waals surface area contributed by atoms with Crippen LogP contribution in [-0.4, -0.2) is 11.3 Å². The number of halogens is 1. The number of aromatic nitrogens is 1. The Morgan fingerprint density at radius 1 is 1.31 bits per heavy atom. The van der Waals surface area contributed by atoms with Gasteiger partial charge in [0, 0.05) is 17.3 Å². The molecule has 0 unspecified atom stereocenters. The first-order chi connectivity index (χ1) is 7.72. The first kappa shape index (κ1) is 10.5. The third kappa shape index (κ3) is 1.84. The summed E-state index contributed by atoms with van der Waals surface area (Å²) < 4.78 is 13.5. The SMILES string of the molecule is Cc1cc(-c2ccncc2F)ccc1C=O. The minimum absolute atomic E-state index is 0.360. The fourth-order valence-electron chi connectivity index (χ4n) is 1.58. The highest BCUT2D eigenvalue weighted by Crippen LogP contribution is 2.23. The van der Waals surface area contributed by atoms with E-state index in [0.29, 0.717) is 11.1 Å². The number of carbonyl (C=O) groups is 1. The first-order valence-electron chi connectivity index (χ1n) is 4.88. The number of carbonyl (C=O) groups excluding carboxylic acids is 1. The van der Waals surface area contributed by atoms with Crippen molar-refractivity contribution in [3.05, 3.63) is 53.6 Å². The molecule has 0 amide bonds. The summed E-state index contributed by atoms with van der Waals surface area (Å²) in [5, 5.41) is 0. The fraction of sp³-hybridized carbons (Fsp3) is 0.0769. The molecule has 0 bridgehead atoms. The predicted molar refractivity (Wildman–Crippen MR) is 59.8 cm³/mol. The van der Waals surface area contributed by atoms with Gasteiger partial charge < -0.3 is 0 Å². The summed E-state index contributed by atoms with van der Waals surface area (Å²) in [7, 11) is 0. The summed E-state index contributed by atoms with van der Waals surface area (Å²) in [5.74, 6) is -0.360. The Labute approximate surface area is 92.8 Å². The molecule has 1 heterocycles. The van der Waals surface area contributed by atoms with Crippen LogP contribution < -0.4 is 0 Å². The van der Waals surface area contributed by atoms with E-state index in [4.69, 9.17) is 0 Å². The van der Waals surface area contributed by atoms with Gasteiger partial charge in [-0.25, -0.2) is 4.39 Å². The lowest BCUT2D eigenvalue weighted by atomic mass is 10.0. The highest BCUT2D eigenvalue weighted by Gasteiger charge is 2.06. The van der Waals surface area contributed by atoms with Crippen LogP contribution in [0.25, 0.3) is 11.1 Å². The van der Waals surface area contributed by atoms with Crippen LogP contribution in [0.15, 0.2) is 36.7 Å². The van der Waals surface area contributed by atoms with E-state index in [1.54, 1.807) is 30.5 Å². The van der Waals surface area contributed by atoms with Crippen LogP contribution in [0, 0.1) is 12.7 Å². The maximum atomic E-state index is 13.5. The van der Waals surface area contributed by atoms with E-state index in [1.807, 2.05) is 6.92 Å². The van der Waals surface area contributed by atoms with Crippen LogP contribution in [0.3, 0.4) is 0 Å². The summed E-state index contributed by atoms with van der Waals surface area (Å²) in [6.07, 6.45) is 3.52. The zero-order valence-corrected chi connectivity index (χ0v) is 8.77. The van der Waals surface area contributed by atoms with Gasteiger partial charge in [0.15, 0.2) is 0 Å². The molecule has 1 aromatic heterocycles. The molecule has 0 fully saturated rings. The van der Waals surface area contributed by atoms with E-state index in [0.717, 1.165) is 17.4 Å². The summed E-state index contributed by atoms with van der Waals surface area (Å²) in [5.41, 5.74) is 2.71. The summed E-state index contributed by atoms with van der Waals surface area (Å²) in [6, 6.07) is 6.83. The maximum absolute atomic E-state index is 13.5. The van der Waals surface area contributed by atoms with Gasteiger partial charge >= 0.3 is 0 Å². The van der Waals surface area contributed by atoms with Gasteiger partial charge in [-0.1, -0.05) is 18.2 Å². The molecular weight excluding hydrogens is 205 g/mol.